The second-order valence-corrected chi connectivity index (χ2v) is 6.03. The van der Waals surface area contributed by atoms with Crippen LogP contribution in [-0.4, -0.2) is 41.9 Å². The molecule has 0 aliphatic carbocycles. The fourth-order valence-electron chi connectivity index (χ4n) is 3.02. The average Bonchev–Trinajstić information content (AvgIpc) is 2.63. The van der Waals surface area contributed by atoms with E-state index >= 15 is 0 Å². The SMILES string of the molecule is O=C(Cc1ccccc1F)N1CCN(c2cc(F)ccc2[N+](=O)[O-])CC1. The monoisotopic (exact) mass is 361 g/mol. The van der Waals surface area contributed by atoms with E-state index in [1.807, 2.05) is 0 Å². The Morgan fingerprint density at radius 2 is 1.77 bits per heavy atom. The van der Waals surface area contributed by atoms with Crippen molar-refractivity contribution in [3.63, 3.8) is 0 Å². The van der Waals surface area contributed by atoms with Crippen LogP contribution >= 0.6 is 0 Å². The summed E-state index contributed by atoms with van der Waals surface area (Å²) in [6.07, 6.45) is -0.0349. The summed E-state index contributed by atoms with van der Waals surface area (Å²) in [6.45, 7) is 1.35. The predicted octanol–water partition coefficient (Wildman–Crippen LogP) is 2.76. The van der Waals surface area contributed by atoms with Gasteiger partial charge in [0.1, 0.15) is 17.3 Å². The molecular weight excluding hydrogens is 344 g/mol. The van der Waals surface area contributed by atoms with Crippen molar-refractivity contribution in [2.45, 2.75) is 6.42 Å². The molecule has 1 aliphatic heterocycles. The summed E-state index contributed by atoms with van der Waals surface area (Å²) in [5, 5.41) is 11.1. The van der Waals surface area contributed by atoms with Gasteiger partial charge in [-0.3, -0.25) is 14.9 Å². The van der Waals surface area contributed by atoms with E-state index in [1.54, 1.807) is 28.0 Å². The number of amides is 1. The molecule has 0 spiro atoms. The maximum absolute atomic E-state index is 13.7. The lowest BCUT2D eigenvalue weighted by molar-refractivity contribution is -0.384. The molecule has 136 valence electrons. The van der Waals surface area contributed by atoms with Crippen LogP contribution in [0.3, 0.4) is 0 Å². The maximum atomic E-state index is 13.7. The standard InChI is InChI=1S/C18H17F2N3O3/c19-14-5-6-16(23(25)26)17(12-14)21-7-9-22(10-8-21)18(24)11-13-3-1-2-4-15(13)20/h1-6,12H,7-11H2. The van der Waals surface area contributed by atoms with Gasteiger partial charge in [0.05, 0.1) is 11.3 Å². The highest BCUT2D eigenvalue weighted by atomic mass is 19.1. The van der Waals surface area contributed by atoms with Crippen molar-refractivity contribution >= 4 is 17.3 Å². The Labute approximate surface area is 148 Å². The number of carbonyl (C=O) groups excluding carboxylic acids is 1. The number of nitro benzene ring substituents is 1. The van der Waals surface area contributed by atoms with Gasteiger partial charge in [-0.1, -0.05) is 18.2 Å². The molecule has 6 nitrogen and oxygen atoms in total. The molecule has 8 heteroatoms. The first-order chi connectivity index (χ1) is 12.5. The molecule has 1 amide bonds. The number of benzene rings is 2. The highest BCUT2D eigenvalue weighted by molar-refractivity contribution is 5.79. The second-order valence-electron chi connectivity index (χ2n) is 6.03. The zero-order valence-electron chi connectivity index (χ0n) is 13.9. The Bertz CT molecular complexity index is 836. The highest BCUT2D eigenvalue weighted by Crippen LogP contribution is 2.29. The van der Waals surface area contributed by atoms with Crippen LogP contribution in [0.2, 0.25) is 0 Å². The summed E-state index contributed by atoms with van der Waals surface area (Å²) in [6, 6.07) is 9.44. The van der Waals surface area contributed by atoms with Crippen LogP contribution in [0.4, 0.5) is 20.2 Å². The van der Waals surface area contributed by atoms with E-state index in [1.165, 1.54) is 6.07 Å². The fraction of sp³-hybridized carbons (Fsp3) is 0.278. The fourth-order valence-corrected chi connectivity index (χ4v) is 3.02. The minimum Gasteiger partial charge on any atom is -0.362 e. The third-order valence-corrected chi connectivity index (χ3v) is 4.41. The van der Waals surface area contributed by atoms with Crippen LogP contribution in [0.25, 0.3) is 0 Å². The number of carbonyl (C=O) groups is 1. The Kier molecular flexibility index (Phi) is 5.11. The molecule has 1 fully saturated rings. The summed E-state index contributed by atoms with van der Waals surface area (Å²) in [7, 11) is 0. The van der Waals surface area contributed by atoms with Gasteiger partial charge in [0, 0.05) is 38.3 Å². The third-order valence-electron chi connectivity index (χ3n) is 4.41. The largest absolute Gasteiger partial charge is 0.362 e. The molecule has 1 aliphatic rings. The van der Waals surface area contributed by atoms with Crippen molar-refractivity contribution in [3.8, 4) is 0 Å². The molecule has 0 bridgehead atoms. The van der Waals surface area contributed by atoms with Gasteiger partial charge in [-0.05, 0) is 17.7 Å². The number of halogens is 2. The molecule has 1 heterocycles. The van der Waals surface area contributed by atoms with Gasteiger partial charge < -0.3 is 9.80 Å². The molecule has 0 saturated carbocycles. The van der Waals surface area contributed by atoms with E-state index in [9.17, 15) is 23.7 Å². The van der Waals surface area contributed by atoms with Gasteiger partial charge in [-0.15, -0.1) is 0 Å². The number of anilines is 1. The lowest BCUT2D eigenvalue weighted by Crippen LogP contribution is -2.49. The summed E-state index contributed by atoms with van der Waals surface area (Å²) in [5.74, 6) is -1.18. The van der Waals surface area contributed by atoms with Gasteiger partial charge in [0.15, 0.2) is 0 Å². The van der Waals surface area contributed by atoms with Gasteiger partial charge in [-0.25, -0.2) is 8.78 Å². The van der Waals surface area contributed by atoms with Crippen molar-refractivity contribution in [3.05, 3.63) is 69.8 Å². The highest BCUT2D eigenvalue weighted by Gasteiger charge is 2.26. The van der Waals surface area contributed by atoms with E-state index in [-0.39, 0.29) is 23.7 Å². The van der Waals surface area contributed by atoms with E-state index in [2.05, 4.69) is 0 Å². The molecule has 0 radical (unpaired) electrons. The minimum atomic E-state index is -0.552. The number of rotatable bonds is 4. The molecule has 0 aromatic heterocycles. The molecule has 2 aromatic carbocycles. The Morgan fingerprint density at radius 3 is 2.42 bits per heavy atom. The van der Waals surface area contributed by atoms with Crippen molar-refractivity contribution in [2.24, 2.45) is 0 Å². The van der Waals surface area contributed by atoms with Gasteiger partial charge >= 0.3 is 0 Å². The van der Waals surface area contributed by atoms with E-state index in [0.717, 1.165) is 18.2 Å². The summed E-state index contributed by atoms with van der Waals surface area (Å²) in [5.41, 5.74) is 0.370. The third kappa shape index (κ3) is 3.79. The number of hydrogen-bond acceptors (Lipinski definition) is 4. The number of nitro groups is 1. The Balaban J connectivity index is 1.66. The van der Waals surface area contributed by atoms with Crippen molar-refractivity contribution in [1.82, 2.24) is 4.90 Å². The van der Waals surface area contributed by atoms with Crippen LogP contribution < -0.4 is 4.90 Å². The number of hydrogen-bond donors (Lipinski definition) is 0. The number of nitrogens with zero attached hydrogens (tertiary/aromatic N) is 3. The average molecular weight is 361 g/mol. The molecule has 0 N–H and O–H groups in total. The number of piperazine rings is 1. The summed E-state index contributed by atoms with van der Waals surface area (Å²) in [4.78, 5) is 26.2. The van der Waals surface area contributed by atoms with Gasteiger partial charge in [0.25, 0.3) is 5.69 Å². The van der Waals surface area contributed by atoms with Crippen molar-refractivity contribution < 1.29 is 18.5 Å². The molecule has 0 unspecified atom stereocenters. The predicted molar refractivity (Wildman–Crippen MR) is 92.0 cm³/mol. The van der Waals surface area contributed by atoms with Crippen LogP contribution in [0.1, 0.15) is 5.56 Å². The minimum absolute atomic E-state index is 0.0349. The first-order valence-electron chi connectivity index (χ1n) is 8.16. The van der Waals surface area contributed by atoms with Crippen molar-refractivity contribution in [2.75, 3.05) is 31.1 Å². The zero-order chi connectivity index (χ0) is 18.7. The lowest BCUT2D eigenvalue weighted by Gasteiger charge is -2.35. The molecule has 1 saturated heterocycles. The topological polar surface area (TPSA) is 66.7 Å². The van der Waals surface area contributed by atoms with Crippen LogP contribution in [0, 0.1) is 21.7 Å². The second kappa shape index (κ2) is 7.47. The van der Waals surface area contributed by atoms with Crippen LogP contribution in [0.5, 0.6) is 0 Å². The van der Waals surface area contributed by atoms with Crippen molar-refractivity contribution in [1.29, 1.82) is 0 Å². The van der Waals surface area contributed by atoms with E-state index in [4.69, 9.17) is 0 Å². The first-order valence-corrected chi connectivity index (χ1v) is 8.16. The maximum Gasteiger partial charge on any atom is 0.292 e. The summed E-state index contributed by atoms with van der Waals surface area (Å²) >= 11 is 0. The molecule has 26 heavy (non-hydrogen) atoms. The smallest absolute Gasteiger partial charge is 0.292 e. The molecular formula is C18H17F2N3O3. The molecule has 3 rings (SSSR count). The normalized spacial score (nSPS) is 14.4. The van der Waals surface area contributed by atoms with Gasteiger partial charge in [0.2, 0.25) is 5.91 Å². The van der Waals surface area contributed by atoms with Gasteiger partial charge in [-0.2, -0.15) is 0 Å². The Hall–Kier alpha value is -3.03. The lowest BCUT2D eigenvalue weighted by atomic mass is 10.1. The van der Waals surface area contributed by atoms with E-state index in [0.29, 0.717) is 31.7 Å². The van der Waals surface area contributed by atoms with E-state index < -0.39 is 16.6 Å². The zero-order valence-corrected chi connectivity index (χ0v) is 13.9. The van der Waals surface area contributed by atoms with Crippen LogP contribution in [0.15, 0.2) is 42.5 Å². The first kappa shape index (κ1) is 17.8. The Morgan fingerprint density at radius 1 is 1.08 bits per heavy atom. The molecule has 0 atom stereocenters. The summed E-state index contributed by atoms with van der Waals surface area (Å²) < 4.78 is 27.2. The quantitative estimate of drug-likeness (QED) is 0.620. The molecule has 2 aromatic rings. The van der Waals surface area contributed by atoms with Crippen LogP contribution in [-0.2, 0) is 11.2 Å².